The van der Waals surface area contributed by atoms with Crippen LogP contribution in [0.3, 0.4) is 0 Å². The number of rotatable bonds is 5. The van der Waals surface area contributed by atoms with Gasteiger partial charge in [-0.15, -0.1) is 0 Å². The van der Waals surface area contributed by atoms with Crippen LogP contribution < -0.4 is 5.56 Å². The molecule has 7 nitrogen and oxygen atoms in total. The molecule has 3 aromatic rings. The molecule has 0 spiro atoms. The Bertz CT molecular complexity index is 1030. The minimum atomic E-state index is -0.195. The molecule has 0 N–H and O–H groups in total. The van der Waals surface area contributed by atoms with E-state index < -0.39 is 0 Å². The first-order valence-electron chi connectivity index (χ1n) is 9.49. The van der Waals surface area contributed by atoms with E-state index in [1.807, 2.05) is 45.0 Å². The second-order valence-electron chi connectivity index (χ2n) is 8.02. The van der Waals surface area contributed by atoms with Crippen molar-refractivity contribution in [3.63, 3.8) is 0 Å². The van der Waals surface area contributed by atoms with Crippen molar-refractivity contribution in [3.05, 3.63) is 46.3 Å². The van der Waals surface area contributed by atoms with E-state index in [-0.39, 0.29) is 17.1 Å². The molecule has 4 rings (SSSR count). The van der Waals surface area contributed by atoms with Gasteiger partial charge in [0.2, 0.25) is 5.89 Å². The summed E-state index contributed by atoms with van der Waals surface area (Å²) >= 11 is 1.45. The maximum Gasteiger partial charge on any atom is 0.262 e. The normalized spacial score (nSPS) is 17.5. The predicted molar refractivity (Wildman–Crippen MR) is 108 cm³/mol. The molecule has 1 aliphatic heterocycles. The molecule has 3 heterocycles. The highest BCUT2D eigenvalue weighted by atomic mass is 32.2. The van der Waals surface area contributed by atoms with Crippen LogP contribution in [0.1, 0.15) is 45.3 Å². The Morgan fingerprint density at radius 1 is 1.25 bits per heavy atom. The van der Waals surface area contributed by atoms with Gasteiger partial charge in [-0.3, -0.25) is 9.36 Å². The molecule has 2 aromatic heterocycles. The quantitative estimate of drug-likeness (QED) is 0.478. The third kappa shape index (κ3) is 3.98. The summed E-state index contributed by atoms with van der Waals surface area (Å²) in [4.78, 5) is 22.3. The second kappa shape index (κ2) is 7.67. The Hall–Kier alpha value is -2.19. The molecule has 1 saturated heterocycles. The van der Waals surface area contributed by atoms with Gasteiger partial charge < -0.3 is 9.26 Å². The van der Waals surface area contributed by atoms with Gasteiger partial charge in [-0.05, 0) is 25.0 Å². The maximum absolute atomic E-state index is 13.1. The summed E-state index contributed by atoms with van der Waals surface area (Å²) in [6.07, 6.45) is 2.04. The average molecular weight is 401 g/mol. The lowest BCUT2D eigenvalue weighted by atomic mass is 9.97. The number of thioether (sulfide) groups is 1. The fourth-order valence-corrected chi connectivity index (χ4v) is 4.01. The molecule has 0 saturated carbocycles. The van der Waals surface area contributed by atoms with Gasteiger partial charge in [0, 0.05) is 12.0 Å². The fourth-order valence-electron chi connectivity index (χ4n) is 3.16. The largest absolute Gasteiger partial charge is 0.376 e. The summed E-state index contributed by atoms with van der Waals surface area (Å²) in [6.45, 7) is 7.35. The number of ether oxygens (including phenoxy) is 1. The number of nitrogens with zero attached hydrogens (tertiary/aromatic N) is 4. The van der Waals surface area contributed by atoms with Crippen LogP contribution in [-0.2, 0) is 22.4 Å². The first-order valence-corrected chi connectivity index (χ1v) is 10.5. The number of fused-ring (bicyclic) bond motifs is 1. The van der Waals surface area contributed by atoms with E-state index in [1.165, 1.54) is 11.8 Å². The number of aromatic nitrogens is 4. The van der Waals surface area contributed by atoms with Crippen molar-refractivity contribution in [3.8, 4) is 0 Å². The van der Waals surface area contributed by atoms with E-state index >= 15 is 0 Å². The number of hydrogen-bond donors (Lipinski definition) is 0. The Labute approximate surface area is 167 Å². The molecular formula is C20H24N4O3S. The van der Waals surface area contributed by atoms with Crippen LogP contribution in [0, 0.1) is 0 Å². The van der Waals surface area contributed by atoms with Crippen LogP contribution in [-0.4, -0.2) is 32.4 Å². The zero-order chi connectivity index (χ0) is 19.7. The number of para-hydroxylation sites is 1. The summed E-state index contributed by atoms with van der Waals surface area (Å²) < 4.78 is 12.8. The van der Waals surface area contributed by atoms with Crippen molar-refractivity contribution in [1.29, 1.82) is 0 Å². The Morgan fingerprint density at radius 3 is 2.79 bits per heavy atom. The van der Waals surface area contributed by atoms with E-state index in [9.17, 15) is 4.79 Å². The highest BCUT2D eigenvalue weighted by molar-refractivity contribution is 7.98. The minimum absolute atomic E-state index is 0.0351. The monoisotopic (exact) mass is 400 g/mol. The van der Waals surface area contributed by atoms with Crippen LogP contribution in [0.5, 0.6) is 0 Å². The van der Waals surface area contributed by atoms with Gasteiger partial charge in [0.05, 0.1) is 29.3 Å². The standard InChI is InChI=1S/C20H24N4O3S/c1-20(2,3)18-22-16(23-27-18)12-28-19-21-15-9-5-4-8-14(15)17(25)24(19)11-13-7-6-10-26-13/h4-5,8-9,13H,6-7,10-12H2,1-3H3/t13-/m1/s1. The van der Waals surface area contributed by atoms with E-state index in [2.05, 4.69) is 10.1 Å². The van der Waals surface area contributed by atoms with Crippen molar-refractivity contribution >= 4 is 22.7 Å². The molecule has 1 aromatic carbocycles. The lowest BCUT2D eigenvalue weighted by Crippen LogP contribution is -2.28. The molecule has 1 fully saturated rings. The lowest BCUT2D eigenvalue weighted by Gasteiger charge is -2.16. The van der Waals surface area contributed by atoms with Gasteiger partial charge in [0.15, 0.2) is 11.0 Å². The van der Waals surface area contributed by atoms with Crippen LogP contribution in [0.4, 0.5) is 0 Å². The SMILES string of the molecule is CC(C)(C)c1nc(CSc2nc3ccccc3c(=O)n2C[C@H]2CCCO2)no1. The van der Waals surface area contributed by atoms with E-state index in [0.29, 0.717) is 40.1 Å². The molecular weight excluding hydrogens is 376 g/mol. The Balaban J connectivity index is 1.64. The molecule has 0 radical (unpaired) electrons. The summed E-state index contributed by atoms with van der Waals surface area (Å²) in [7, 11) is 0. The molecule has 0 unspecified atom stereocenters. The number of benzene rings is 1. The van der Waals surface area contributed by atoms with Gasteiger partial charge in [0.1, 0.15) is 0 Å². The molecule has 28 heavy (non-hydrogen) atoms. The first-order chi connectivity index (χ1) is 13.4. The zero-order valence-corrected chi connectivity index (χ0v) is 17.2. The maximum atomic E-state index is 13.1. The smallest absolute Gasteiger partial charge is 0.262 e. The summed E-state index contributed by atoms with van der Waals surface area (Å²) in [5.41, 5.74) is 0.466. The lowest BCUT2D eigenvalue weighted by molar-refractivity contribution is 0.0937. The molecule has 0 aliphatic carbocycles. The van der Waals surface area contributed by atoms with Gasteiger partial charge in [0.25, 0.3) is 5.56 Å². The highest BCUT2D eigenvalue weighted by Gasteiger charge is 2.23. The third-order valence-corrected chi connectivity index (χ3v) is 5.65. The molecule has 1 aliphatic rings. The van der Waals surface area contributed by atoms with Gasteiger partial charge in [-0.1, -0.05) is 49.8 Å². The van der Waals surface area contributed by atoms with Crippen molar-refractivity contribution in [2.75, 3.05) is 6.61 Å². The van der Waals surface area contributed by atoms with Gasteiger partial charge in [-0.2, -0.15) is 4.98 Å². The van der Waals surface area contributed by atoms with Crippen LogP contribution in [0.2, 0.25) is 0 Å². The number of hydrogen-bond acceptors (Lipinski definition) is 7. The molecule has 0 bridgehead atoms. The highest BCUT2D eigenvalue weighted by Crippen LogP contribution is 2.25. The van der Waals surface area contributed by atoms with Gasteiger partial charge in [-0.25, -0.2) is 4.98 Å². The van der Waals surface area contributed by atoms with E-state index in [4.69, 9.17) is 14.2 Å². The van der Waals surface area contributed by atoms with Crippen LogP contribution in [0.25, 0.3) is 10.9 Å². The van der Waals surface area contributed by atoms with Crippen molar-refractivity contribution in [2.24, 2.45) is 0 Å². The third-order valence-electron chi connectivity index (χ3n) is 4.68. The Morgan fingerprint density at radius 2 is 2.07 bits per heavy atom. The van der Waals surface area contributed by atoms with Crippen molar-refractivity contribution < 1.29 is 9.26 Å². The van der Waals surface area contributed by atoms with Gasteiger partial charge >= 0.3 is 0 Å². The van der Waals surface area contributed by atoms with E-state index in [0.717, 1.165) is 19.4 Å². The van der Waals surface area contributed by atoms with Crippen molar-refractivity contribution in [1.82, 2.24) is 19.7 Å². The van der Waals surface area contributed by atoms with Crippen LogP contribution >= 0.6 is 11.8 Å². The molecule has 1 atom stereocenters. The second-order valence-corrected chi connectivity index (χ2v) is 8.96. The Kier molecular flexibility index (Phi) is 5.25. The summed E-state index contributed by atoms with van der Waals surface area (Å²) in [6, 6.07) is 7.44. The topological polar surface area (TPSA) is 83.0 Å². The molecule has 0 amide bonds. The fraction of sp³-hybridized carbons (Fsp3) is 0.500. The minimum Gasteiger partial charge on any atom is -0.376 e. The first kappa shape index (κ1) is 19.1. The van der Waals surface area contributed by atoms with Crippen LogP contribution in [0.15, 0.2) is 38.7 Å². The summed E-state index contributed by atoms with van der Waals surface area (Å²) in [5.74, 6) is 1.68. The average Bonchev–Trinajstić information content (AvgIpc) is 3.34. The summed E-state index contributed by atoms with van der Waals surface area (Å²) in [5, 5.41) is 5.35. The molecule has 148 valence electrons. The van der Waals surface area contributed by atoms with Crippen molar-refractivity contribution in [2.45, 2.75) is 62.6 Å². The predicted octanol–water partition coefficient (Wildman–Crippen LogP) is 3.55. The van der Waals surface area contributed by atoms with E-state index in [1.54, 1.807) is 4.57 Å². The zero-order valence-electron chi connectivity index (χ0n) is 16.3. The molecule has 8 heteroatoms.